The molecule has 0 aromatic rings. The maximum Gasteiger partial charge on any atom is 0.333 e. The quantitative estimate of drug-likeness (QED) is 0.606. The van der Waals surface area contributed by atoms with Crippen LogP contribution < -0.4 is 5.73 Å². The van der Waals surface area contributed by atoms with Gasteiger partial charge in [-0.15, -0.1) is 0 Å². The molecule has 14 heavy (non-hydrogen) atoms. The van der Waals surface area contributed by atoms with Gasteiger partial charge in [-0.1, -0.05) is 6.42 Å². The van der Waals surface area contributed by atoms with Gasteiger partial charge in [0.05, 0.1) is 0 Å². The number of aliphatic carboxylic acids is 1. The second kappa shape index (κ2) is 3.21. The molecule has 0 aliphatic heterocycles. The fourth-order valence-corrected chi connectivity index (χ4v) is 3.43. The summed E-state index contributed by atoms with van der Waals surface area (Å²) in [4.78, 5) is 10.8. The Balaban J connectivity index is 2.22. The van der Waals surface area contributed by atoms with E-state index >= 15 is 0 Å². The zero-order valence-corrected chi connectivity index (χ0v) is 8.15. The van der Waals surface area contributed by atoms with Crippen molar-refractivity contribution in [3.63, 3.8) is 0 Å². The second-order valence-electron chi connectivity index (χ2n) is 4.76. The van der Waals surface area contributed by atoms with E-state index in [9.17, 15) is 9.90 Å². The molecule has 4 unspecified atom stereocenters. The van der Waals surface area contributed by atoms with Crippen LogP contribution in [0.5, 0.6) is 0 Å². The topological polar surface area (TPSA) is 83.5 Å². The second-order valence-corrected chi connectivity index (χ2v) is 4.76. The SMILES string of the molecule is NCC1(C(O)C(=O)O)CC2CCC1C2. The molecule has 0 saturated heterocycles. The van der Waals surface area contributed by atoms with Crippen molar-refractivity contribution in [1.29, 1.82) is 0 Å². The molecule has 2 aliphatic carbocycles. The maximum atomic E-state index is 10.8. The molecule has 2 bridgehead atoms. The van der Waals surface area contributed by atoms with Crippen molar-refractivity contribution >= 4 is 5.97 Å². The van der Waals surface area contributed by atoms with Gasteiger partial charge in [0.2, 0.25) is 0 Å². The predicted molar refractivity (Wildman–Crippen MR) is 50.6 cm³/mol. The van der Waals surface area contributed by atoms with Gasteiger partial charge < -0.3 is 15.9 Å². The Morgan fingerprint density at radius 3 is 2.64 bits per heavy atom. The van der Waals surface area contributed by atoms with Crippen molar-refractivity contribution in [3.05, 3.63) is 0 Å². The zero-order valence-electron chi connectivity index (χ0n) is 8.15. The van der Waals surface area contributed by atoms with Crippen LogP contribution in [0.4, 0.5) is 0 Å². The standard InChI is InChI=1S/C10H17NO3/c11-5-10(8(12)9(13)14)4-6-1-2-7(10)3-6/h6-8,12H,1-5,11H2,(H,13,14). The predicted octanol–water partition coefficient (Wildman–Crippen LogP) is 0.197. The lowest BCUT2D eigenvalue weighted by atomic mass is 9.69. The molecule has 2 rings (SSSR count). The van der Waals surface area contributed by atoms with Crippen LogP contribution in [0.2, 0.25) is 0 Å². The van der Waals surface area contributed by atoms with E-state index in [1.807, 2.05) is 0 Å². The summed E-state index contributed by atoms with van der Waals surface area (Å²) >= 11 is 0. The monoisotopic (exact) mass is 199 g/mol. The average Bonchev–Trinajstić information content (AvgIpc) is 2.75. The highest BCUT2D eigenvalue weighted by Gasteiger charge is 2.55. The van der Waals surface area contributed by atoms with E-state index in [1.54, 1.807) is 0 Å². The van der Waals surface area contributed by atoms with Crippen LogP contribution in [0, 0.1) is 17.3 Å². The normalized spacial score (nSPS) is 42.7. The van der Waals surface area contributed by atoms with Crippen LogP contribution in [-0.2, 0) is 4.79 Å². The molecule has 4 atom stereocenters. The fraction of sp³-hybridized carbons (Fsp3) is 0.900. The Labute approximate surface area is 83.1 Å². The molecule has 0 radical (unpaired) electrons. The number of hydrogen-bond acceptors (Lipinski definition) is 3. The molecular weight excluding hydrogens is 182 g/mol. The molecule has 4 heteroatoms. The summed E-state index contributed by atoms with van der Waals surface area (Å²) < 4.78 is 0. The van der Waals surface area contributed by atoms with Crippen molar-refractivity contribution in [2.75, 3.05) is 6.54 Å². The number of rotatable bonds is 3. The van der Waals surface area contributed by atoms with E-state index in [4.69, 9.17) is 10.8 Å². The molecule has 80 valence electrons. The number of nitrogens with two attached hydrogens (primary N) is 1. The van der Waals surface area contributed by atoms with Crippen LogP contribution >= 0.6 is 0 Å². The van der Waals surface area contributed by atoms with Gasteiger partial charge >= 0.3 is 5.97 Å². The van der Waals surface area contributed by atoms with Crippen molar-refractivity contribution in [1.82, 2.24) is 0 Å². The van der Waals surface area contributed by atoms with Crippen LogP contribution in [0.3, 0.4) is 0 Å². The minimum atomic E-state index is -1.28. The Morgan fingerprint density at radius 2 is 2.29 bits per heavy atom. The first-order chi connectivity index (χ1) is 6.60. The van der Waals surface area contributed by atoms with Gasteiger partial charge in [0, 0.05) is 12.0 Å². The van der Waals surface area contributed by atoms with E-state index in [0.717, 1.165) is 19.3 Å². The molecule has 4 nitrogen and oxygen atoms in total. The molecule has 0 aromatic carbocycles. The van der Waals surface area contributed by atoms with Crippen LogP contribution in [-0.4, -0.2) is 28.8 Å². The van der Waals surface area contributed by atoms with Crippen LogP contribution in [0.25, 0.3) is 0 Å². The highest BCUT2D eigenvalue weighted by Crippen LogP contribution is 2.57. The lowest BCUT2D eigenvalue weighted by molar-refractivity contribution is -0.157. The summed E-state index contributed by atoms with van der Waals surface area (Å²) in [7, 11) is 0. The lowest BCUT2D eigenvalue weighted by Gasteiger charge is -2.38. The van der Waals surface area contributed by atoms with E-state index in [1.165, 1.54) is 6.42 Å². The summed E-state index contributed by atoms with van der Waals surface area (Å²) in [5, 5.41) is 18.6. The van der Waals surface area contributed by atoms with Gasteiger partial charge in [0.25, 0.3) is 0 Å². The summed E-state index contributed by atoms with van der Waals surface area (Å²) in [6.45, 7) is 0.293. The summed E-state index contributed by atoms with van der Waals surface area (Å²) in [6.07, 6.45) is 2.79. The molecule has 0 aromatic heterocycles. The smallest absolute Gasteiger partial charge is 0.333 e. The van der Waals surface area contributed by atoms with Crippen molar-refractivity contribution < 1.29 is 15.0 Å². The van der Waals surface area contributed by atoms with Crippen molar-refractivity contribution in [2.24, 2.45) is 23.0 Å². The molecule has 2 fully saturated rings. The van der Waals surface area contributed by atoms with Crippen LogP contribution in [0.15, 0.2) is 0 Å². The van der Waals surface area contributed by atoms with Gasteiger partial charge in [-0.25, -0.2) is 4.79 Å². The van der Waals surface area contributed by atoms with E-state index < -0.39 is 17.5 Å². The number of carboxylic acids is 1. The number of carboxylic acid groups (broad SMARTS) is 1. The number of carbonyl (C=O) groups is 1. The lowest BCUT2D eigenvalue weighted by Crippen LogP contribution is -2.49. The van der Waals surface area contributed by atoms with Crippen molar-refractivity contribution in [2.45, 2.75) is 31.8 Å². The largest absolute Gasteiger partial charge is 0.479 e. The average molecular weight is 199 g/mol. The summed E-state index contributed by atoms with van der Waals surface area (Å²) in [6, 6.07) is 0. The van der Waals surface area contributed by atoms with Gasteiger partial charge in [-0.3, -0.25) is 0 Å². The highest BCUT2D eigenvalue weighted by atomic mass is 16.4. The molecule has 0 heterocycles. The summed E-state index contributed by atoms with van der Waals surface area (Å²) in [5.74, 6) is -0.204. The van der Waals surface area contributed by atoms with E-state index in [-0.39, 0.29) is 0 Å². The number of aliphatic hydroxyl groups is 1. The van der Waals surface area contributed by atoms with Gasteiger partial charge in [0.1, 0.15) is 0 Å². The molecule has 2 saturated carbocycles. The fourth-order valence-electron chi connectivity index (χ4n) is 3.43. The number of hydrogen-bond donors (Lipinski definition) is 3. The molecule has 0 spiro atoms. The number of fused-ring (bicyclic) bond motifs is 2. The Hall–Kier alpha value is -0.610. The third-order valence-corrected chi connectivity index (χ3v) is 4.18. The summed E-state index contributed by atoms with van der Waals surface area (Å²) in [5.41, 5.74) is 5.14. The first-order valence-electron chi connectivity index (χ1n) is 5.21. The minimum absolute atomic E-state index is 0.293. The maximum absolute atomic E-state index is 10.8. The highest BCUT2D eigenvalue weighted by molar-refractivity contribution is 5.73. The first-order valence-corrected chi connectivity index (χ1v) is 5.21. The molecule has 2 aliphatic rings. The molecular formula is C10H17NO3. The van der Waals surface area contributed by atoms with Crippen LogP contribution in [0.1, 0.15) is 25.7 Å². The third-order valence-electron chi connectivity index (χ3n) is 4.18. The zero-order chi connectivity index (χ0) is 10.3. The Morgan fingerprint density at radius 1 is 1.57 bits per heavy atom. The third kappa shape index (κ3) is 1.17. The van der Waals surface area contributed by atoms with Gasteiger partial charge in [-0.05, 0) is 31.1 Å². The number of aliphatic hydroxyl groups excluding tert-OH is 1. The van der Waals surface area contributed by atoms with Gasteiger partial charge in [-0.2, -0.15) is 0 Å². The Bertz CT molecular complexity index is 256. The Kier molecular flexibility index (Phi) is 2.27. The minimum Gasteiger partial charge on any atom is -0.479 e. The van der Waals surface area contributed by atoms with E-state index in [2.05, 4.69) is 0 Å². The molecule has 0 amide bonds. The molecule has 4 N–H and O–H groups in total. The van der Waals surface area contributed by atoms with Crippen molar-refractivity contribution in [3.8, 4) is 0 Å². The van der Waals surface area contributed by atoms with Gasteiger partial charge in [0.15, 0.2) is 6.10 Å². The van der Waals surface area contributed by atoms with E-state index in [0.29, 0.717) is 18.4 Å². The first kappa shape index (κ1) is 9.93.